The van der Waals surface area contributed by atoms with E-state index >= 15 is 0 Å². The largest absolute Gasteiger partial charge is 0.352 e. The van der Waals surface area contributed by atoms with Crippen molar-refractivity contribution in [1.29, 1.82) is 0 Å². The van der Waals surface area contributed by atoms with Crippen LogP contribution in [0.15, 0.2) is 28.7 Å². The molecule has 3 rings (SSSR count). The van der Waals surface area contributed by atoms with Crippen LogP contribution in [0.3, 0.4) is 0 Å². The van der Waals surface area contributed by atoms with E-state index < -0.39 is 0 Å². The second kappa shape index (κ2) is 8.13. The number of rotatable bonds is 3. The van der Waals surface area contributed by atoms with E-state index in [9.17, 15) is 9.59 Å². The number of benzene rings is 1. The predicted octanol–water partition coefficient (Wildman–Crippen LogP) is 2.09. The van der Waals surface area contributed by atoms with Gasteiger partial charge in [0.1, 0.15) is 0 Å². The quantitative estimate of drug-likeness (QED) is 0.814. The fraction of sp³-hybridized carbons (Fsp3) is 0.500. The minimum atomic E-state index is -0.262. The SMILES string of the molecule is Cl.O=C(NC1CCCNC1)C1CC(=O)N(c2ccccc2Br)C1. The third-order valence-electron chi connectivity index (χ3n) is 4.28. The van der Waals surface area contributed by atoms with E-state index in [-0.39, 0.29) is 42.6 Å². The van der Waals surface area contributed by atoms with Gasteiger partial charge in [-0.25, -0.2) is 0 Å². The molecule has 2 aliphatic heterocycles. The second-order valence-electron chi connectivity index (χ2n) is 5.91. The summed E-state index contributed by atoms with van der Waals surface area (Å²) in [6, 6.07) is 7.80. The Balaban J connectivity index is 0.00000192. The summed E-state index contributed by atoms with van der Waals surface area (Å²) in [5, 5.41) is 6.36. The molecule has 7 heteroatoms. The van der Waals surface area contributed by atoms with Crippen molar-refractivity contribution in [3.05, 3.63) is 28.7 Å². The molecule has 0 saturated carbocycles. The Hall–Kier alpha value is -1.11. The maximum atomic E-state index is 12.4. The molecule has 5 nitrogen and oxygen atoms in total. The average molecular weight is 403 g/mol. The van der Waals surface area contributed by atoms with Gasteiger partial charge in [0, 0.05) is 30.0 Å². The number of hydrogen-bond acceptors (Lipinski definition) is 3. The first-order valence-electron chi connectivity index (χ1n) is 7.71. The maximum Gasteiger partial charge on any atom is 0.227 e. The standard InChI is InChI=1S/C16H20BrN3O2.ClH/c17-13-5-1-2-6-14(13)20-10-11(8-15(20)21)16(22)19-12-4-3-7-18-9-12;/h1-2,5-6,11-12,18H,3-4,7-10H2,(H,19,22);1H. The van der Waals surface area contributed by atoms with Crippen molar-refractivity contribution in [3.8, 4) is 0 Å². The van der Waals surface area contributed by atoms with Gasteiger partial charge in [-0.05, 0) is 47.4 Å². The highest BCUT2D eigenvalue weighted by atomic mass is 79.9. The number of para-hydroxylation sites is 1. The van der Waals surface area contributed by atoms with Crippen LogP contribution in [0.4, 0.5) is 5.69 Å². The van der Waals surface area contributed by atoms with Gasteiger partial charge in [-0.3, -0.25) is 9.59 Å². The van der Waals surface area contributed by atoms with E-state index in [1.807, 2.05) is 24.3 Å². The number of hydrogen-bond donors (Lipinski definition) is 2. The van der Waals surface area contributed by atoms with Crippen molar-refractivity contribution in [2.24, 2.45) is 5.92 Å². The lowest BCUT2D eigenvalue weighted by molar-refractivity contribution is -0.127. The lowest BCUT2D eigenvalue weighted by Gasteiger charge is -2.25. The van der Waals surface area contributed by atoms with E-state index in [0.717, 1.165) is 36.1 Å². The van der Waals surface area contributed by atoms with E-state index in [4.69, 9.17) is 0 Å². The number of nitrogens with zero attached hydrogens (tertiary/aromatic N) is 1. The van der Waals surface area contributed by atoms with Gasteiger partial charge in [0.2, 0.25) is 11.8 Å². The smallest absolute Gasteiger partial charge is 0.227 e. The van der Waals surface area contributed by atoms with Gasteiger partial charge in [0.25, 0.3) is 0 Å². The van der Waals surface area contributed by atoms with E-state index in [1.165, 1.54) is 0 Å². The lowest BCUT2D eigenvalue weighted by Crippen LogP contribution is -2.47. The van der Waals surface area contributed by atoms with Crippen molar-refractivity contribution in [2.75, 3.05) is 24.5 Å². The van der Waals surface area contributed by atoms with E-state index in [1.54, 1.807) is 4.90 Å². The van der Waals surface area contributed by atoms with Gasteiger partial charge >= 0.3 is 0 Å². The molecular weight excluding hydrogens is 382 g/mol. The number of amides is 2. The fourth-order valence-electron chi connectivity index (χ4n) is 3.08. The van der Waals surface area contributed by atoms with E-state index in [0.29, 0.717) is 6.54 Å². The number of nitrogens with one attached hydrogen (secondary N) is 2. The molecule has 2 amide bonds. The molecule has 23 heavy (non-hydrogen) atoms. The van der Waals surface area contributed by atoms with Crippen LogP contribution in [0.1, 0.15) is 19.3 Å². The molecule has 0 aliphatic carbocycles. The normalized spacial score (nSPS) is 24.2. The van der Waals surface area contributed by atoms with Gasteiger partial charge in [-0.2, -0.15) is 0 Å². The summed E-state index contributed by atoms with van der Waals surface area (Å²) >= 11 is 3.47. The molecular formula is C16H21BrClN3O2. The van der Waals surface area contributed by atoms with E-state index in [2.05, 4.69) is 26.6 Å². The number of piperidine rings is 1. The van der Waals surface area contributed by atoms with Gasteiger partial charge in [0.05, 0.1) is 11.6 Å². The van der Waals surface area contributed by atoms with Gasteiger partial charge in [0.15, 0.2) is 0 Å². The van der Waals surface area contributed by atoms with Crippen LogP contribution in [0.2, 0.25) is 0 Å². The fourth-order valence-corrected chi connectivity index (χ4v) is 3.58. The third kappa shape index (κ3) is 4.25. The Morgan fingerprint density at radius 3 is 2.83 bits per heavy atom. The lowest BCUT2D eigenvalue weighted by atomic mass is 10.0. The van der Waals surface area contributed by atoms with Crippen LogP contribution in [-0.2, 0) is 9.59 Å². The van der Waals surface area contributed by atoms with Crippen molar-refractivity contribution in [1.82, 2.24) is 10.6 Å². The van der Waals surface area contributed by atoms with Crippen molar-refractivity contribution in [3.63, 3.8) is 0 Å². The minimum absolute atomic E-state index is 0. The molecule has 2 fully saturated rings. The Morgan fingerprint density at radius 1 is 1.35 bits per heavy atom. The van der Waals surface area contributed by atoms with Crippen molar-refractivity contribution >= 4 is 45.8 Å². The Morgan fingerprint density at radius 2 is 2.13 bits per heavy atom. The van der Waals surface area contributed by atoms with Gasteiger partial charge in [-0.15, -0.1) is 12.4 Å². The summed E-state index contributed by atoms with van der Waals surface area (Å²) in [4.78, 5) is 26.3. The first-order valence-corrected chi connectivity index (χ1v) is 8.50. The molecule has 0 radical (unpaired) electrons. The Kier molecular flexibility index (Phi) is 6.44. The van der Waals surface area contributed by atoms with Crippen molar-refractivity contribution < 1.29 is 9.59 Å². The summed E-state index contributed by atoms with van der Waals surface area (Å²) in [5.41, 5.74) is 0.835. The molecule has 2 heterocycles. The van der Waals surface area contributed by atoms with Crippen LogP contribution < -0.4 is 15.5 Å². The predicted molar refractivity (Wildman–Crippen MR) is 95.9 cm³/mol. The Labute approximate surface area is 150 Å². The molecule has 2 saturated heterocycles. The highest BCUT2D eigenvalue weighted by Gasteiger charge is 2.36. The number of carbonyl (C=O) groups is 2. The molecule has 0 aromatic heterocycles. The number of carbonyl (C=O) groups excluding carboxylic acids is 2. The average Bonchev–Trinajstić information content (AvgIpc) is 2.91. The maximum absolute atomic E-state index is 12.4. The zero-order chi connectivity index (χ0) is 15.5. The first-order chi connectivity index (χ1) is 10.6. The molecule has 2 N–H and O–H groups in total. The second-order valence-corrected chi connectivity index (χ2v) is 6.76. The Bertz CT molecular complexity index is 578. The molecule has 1 aromatic carbocycles. The topological polar surface area (TPSA) is 61.4 Å². The van der Waals surface area contributed by atoms with Gasteiger partial charge < -0.3 is 15.5 Å². The summed E-state index contributed by atoms with van der Waals surface area (Å²) < 4.78 is 0.876. The zero-order valence-corrected chi connectivity index (χ0v) is 15.2. The summed E-state index contributed by atoms with van der Waals surface area (Å²) in [5.74, 6) is -0.257. The molecule has 2 atom stereocenters. The molecule has 126 valence electrons. The summed E-state index contributed by atoms with van der Waals surface area (Å²) in [7, 11) is 0. The van der Waals surface area contributed by atoms with Crippen LogP contribution >= 0.6 is 28.3 Å². The monoisotopic (exact) mass is 401 g/mol. The first kappa shape index (κ1) is 18.2. The molecule has 0 spiro atoms. The summed E-state index contributed by atoms with van der Waals surface area (Å²) in [6.45, 7) is 2.29. The summed E-state index contributed by atoms with van der Waals surface area (Å²) in [6.07, 6.45) is 2.37. The van der Waals surface area contributed by atoms with Crippen LogP contribution in [0, 0.1) is 5.92 Å². The highest BCUT2D eigenvalue weighted by Crippen LogP contribution is 2.31. The molecule has 0 bridgehead atoms. The minimum Gasteiger partial charge on any atom is -0.352 e. The highest BCUT2D eigenvalue weighted by molar-refractivity contribution is 9.10. The number of anilines is 1. The van der Waals surface area contributed by atoms with Gasteiger partial charge in [-0.1, -0.05) is 12.1 Å². The van der Waals surface area contributed by atoms with Crippen molar-refractivity contribution in [2.45, 2.75) is 25.3 Å². The third-order valence-corrected chi connectivity index (χ3v) is 4.95. The molecule has 2 aliphatic rings. The zero-order valence-electron chi connectivity index (χ0n) is 12.8. The van der Waals surface area contributed by atoms with Crippen LogP contribution in [0.25, 0.3) is 0 Å². The molecule has 2 unspecified atom stereocenters. The number of halogens is 2. The van der Waals surface area contributed by atoms with Crippen LogP contribution in [0.5, 0.6) is 0 Å². The van der Waals surface area contributed by atoms with Crippen LogP contribution in [-0.4, -0.2) is 37.5 Å². The molecule has 1 aromatic rings.